The van der Waals surface area contributed by atoms with Crippen LogP contribution in [0.1, 0.15) is 48.5 Å². The highest BCUT2D eigenvalue weighted by Crippen LogP contribution is 2.36. The van der Waals surface area contributed by atoms with Gasteiger partial charge in [0.05, 0.1) is 12.1 Å². The summed E-state index contributed by atoms with van der Waals surface area (Å²) in [7, 11) is -4.57. The van der Waals surface area contributed by atoms with E-state index in [2.05, 4.69) is 52.2 Å². The lowest BCUT2D eigenvalue weighted by Gasteiger charge is -2.50. The first-order valence-electron chi connectivity index (χ1n) is 12.8. The number of amides is 2. The van der Waals surface area contributed by atoms with Crippen LogP contribution in [0.4, 0.5) is 4.39 Å². The Morgan fingerprint density at radius 3 is 1.71 bits per heavy atom. The number of halogens is 1. The minimum atomic E-state index is -2.30. The Bertz CT molecular complexity index is 691. The first-order chi connectivity index (χ1) is 16.5. The van der Waals surface area contributed by atoms with Gasteiger partial charge in [-0.1, -0.05) is 41.5 Å². The summed E-state index contributed by atoms with van der Waals surface area (Å²) in [5.41, 5.74) is 0. The van der Waals surface area contributed by atoms with Gasteiger partial charge in [-0.25, -0.2) is 9.18 Å². The molecule has 1 aliphatic heterocycles. The van der Waals surface area contributed by atoms with Crippen molar-refractivity contribution in [2.75, 3.05) is 13.2 Å². The largest absolute Gasteiger partial charge is 0.479 e. The molecule has 0 saturated carbocycles. The zero-order valence-corrected chi connectivity index (χ0v) is 24.3. The van der Waals surface area contributed by atoms with Crippen LogP contribution in [-0.4, -0.2) is 83.2 Å². The van der Waals surface area contributed by atoms with Crippen molar-refractivity contribution in [3.8, 4) is 0 Å². The molecular formula is C23H45FN2O7Si2. The summed E-state index contributed by atoms with van der Waals surface area (Å²) in [5.74, 6) is -2.47. The van der Waals surface area contributed by atoms with Gasteiger partial charge in [-0.15, -0.1) is 0 Å². The minimum Gasteiger partial charge on any atom is -0.479 e. The van der Waals surface area contributed by atoms with Gasteiger partial charge in [0, 0.05) is 13.5 Å². The van der Waals surface area contributed by atoms with E-state index >= 15 is 0 Å². The molecule has 204 valence electrons. The van der Waals surface area contributed by atoms with E-state index in [4.69, 9.17) is 13.6 Å². The Labute approximate surface area is 211 Å². The second-order valence-electron chi connectivity index (χ2n) is 9.25. The number of hydrogen-bond acceptors (Lipinski definition) is 6. The Morgan fingerprint density at radius 2 is 1.34 bits per heavy atom. The molecule has 0 aromatic heterocycles. The number of rotatable bonds is 15. The molecular weight excluding hydrogens is 491 g/mol. The zero-order chi connectivity index (χ0) is 26.8. The fourth-order valence-corrected chi connectivity index (χ4v) is 10.6. The molecule has 0 bridgehead atoms. The number of carbonyl (C=O) groups is 3. The monoisotopic (exact) mass is 536 g/mol. The van der Waals surface area contributed by atoms with Crippen molar-refractivity contribution >= 4 is 34.4 Å². The molecule has 0 aromatic rings. The lowest BCUT2D eigenvalue weighted by Crippen LogP contribution is -2.70. The third-order valence-electron chi connectivity index (χ3n) is 7.57. The van der Waals surface area contributed by atoms with Crippen LogP contribution < -0.4 is 10.6 Å². The molecule has 3 N–H and O–H groups in total. The van der Waals surface area contributed by atoms with Crippen LogP contribution in [0.5, 0.6) is 0 Å². The first kappa shape index (κ1) is 31.7. The normalized spacial score (nSPS) is 25.2. The Hall–Kier alpha value is -1.35. The van der Waals surface area contributed by atoms with Crippen LogP contribution in [0, 0.1) is 0 Å². The van der Waals surface area contributed by atoms with Gasteiger partial charge < -0.3 is 29.3 Å². The van der Waals surface area contributed by atoms with Crippen molar-refractivity contribution in [1.82, 2.24) is 10.6 Å². The molecule has 0 aliphatic carbocycles. The van der Waals surface area contributed by atoms with E-state index in [-0.39, 0.29) is 6.54 Å². The zero-order valence-electron chi connectivity index (χ0n) is 22.3. The summed E-state index contributed by atoms with van der Waals surface area (Å²) in [6.45, 7) is 12.4. The number of carbonyl (C=O) groups excluding carboxylic acids is 2. The first-order valence-corrected chi connectivity index (χ1v) is 17.9. The van der Waals surface area contributed by atoms with Crippen molar-refractivity contribution < 1.29 is 37.5 Å². The molecule has 0 radical (unpaired) electrons. The third kappa shape index (κ3) is 8.07. The molecule has 2 amide bonds. The molecule has 0 unspecified atom stereocenters. The van der Waals surface area contributed by atoms with Crippen molar-refractivity contribution in [1.29, 1.82) is 0 Å². The third-order valence-corrected chi connectivity index (χ3v) is 16.8. The van der Waals surface area contributed by atoms with E-state index in [0.29, 0.717) is 0 Å². The van der Waals surface area contributed by atoms with Gasteiger partial charge in [-0.2, -0.15) is 0 Å². The Morgan fingerprint density at radius 1 is 0.886 bits per heavy atom. The maximum Gasteiger partial charge on any atom is 0.335 e. The Balaban J connectivity index is 3.67. The van der Waals surface area contributed by atoms with E-state index in [1.165, 1.54) is 6.92 Å². The van der Waals surface area contributed by atoms with E-state index < -0.39 is 71.6 Å². The van der Waals surface area contributed by atoms with Gasteiger partial charge in [0.25, 0.3) is 5.91 Å². The number of ether oxygens (including phenoxy) is 1. The van der Waals surface area contributed by atoms with E-state index in [1.54, 1.807) is 0 Å². The second kappa shape index (κ2) is 14.4. The van der Waals surface area contributed by atoms with Gasteiger partial charge in [-0.3, -0.25) is 9.59 Å². The van der Waals surface area contributed by atoms with Crippen LogP contribution >= 0.6 is 0 Å². The quantitative estimate of drug-likeness (QED) is 0.275. The lowest BCUT2D eigenvalue weighted by atomic mass is 9.92. The number of alkyl halides is 1. The van der Waals surface area contributed by atoms with Crippen LogP contribution in [0.15, 0.2) is 0 Å². The van der Waals surface area contributed by atoms with E-state index in [9.17, 15) is 23.9 Å². The number of carboxylic acids is 1. The van der Waals surface area contributed by atoms with E-state index in [1.807, 2.05) is 0 Å². The van der Waals surface area contributed by atoms with Gasteiger partial charge in [0.1, 0.15) is 12.2 Å². The van der Waals surface area contributed by atoms with Gasteiger partial charge in [0.2, 0.25) is 5.91 Å². The number of hydrogen-bond donors (Lipinski definition) is 3. The molecule has 1 aliphatic rings. The van der Waals surface area contributed by atoms with Crippen molar-refractivity contribution in [3.05, 3.63) is 0 Å². The van der Waals surface area contributed by atoms with E-state index in [0.717, 1.165) is 36.3 Å². The highest BCUT2D eigenvalue weighted by molar-refractivity contribution is 6.74. The molecule has 1 heterocycles. The predicted molar refractivity (Wildman–Crippen MR) is 137 cm³/mol. The summed E-state index contributed by atoms with van der Waals surface area (Å²) in [6.07, 6.45) is -3.81. The summed E-state index contributed by atoms with van der Waals surface area (Å²) in [4.78, 5) is 36.1. The highest BCUT2D eigenvalue weighted by Gasteiger charge is 2.54. The fourth-order valence-electron chi connectivity index (χ4n) is 4.83. The average molecular weight is 537 g/mol. The minimum absolute atomic E-state index is 0.121. The SMILES string of the molecule is CC[Si](CC)(CC)O[C@@H]1[C@@H](NC(C)=O)[C@H](C(=O)O)O[C@H](CNC(=O)CF)[C@H]1O[Si](CC)(CC)CC. The average Bonchev–Trinajstić information content (AvgIpc) is 2.85. The molecule has 1 rings (SSSR count). The van der Waals surface area contributed by atoms with Crippen molar-refractivity contribution in [2.45, 2.75) is 115 Å². The lowest BCUT2D eigenvalue weighted by molar-refractivity contribution is -0.193. The summed E-state index contributed by atoms with van der Waals surface area (Å²) >= 11 is 0. The molecule has 1 fully saturated rings. The number of aliphatic carboxylic acids is 1. The standard InChI is InChI=1S/C23H45FN2O7Si2/c1-8-34(9-2,10-3)32-20-17(15-25-18(28)14-24)31-22(23(29)30)19(26-16(7)27)21(20)33-35(11-4,12-5)13-6/h17,19-22H,8-15H2,1-7H3,(H,25,28)(H,26,27)(H,29,30)/t17-,19-,20-,21-,22-/m1/s1. The maximum atomic E-state index is 12.9. The molecule has 0 spiro atoms. The smallest absolute Gasteiger partial charge is 0.335 e. The van der Waals surface area contributed by atoms with Crippen molar-refractivity contribution in [3.63, 3.8) is 0 Å². The molecule has 35 heavy (non-hydrogen) atoms. The van der Waals surface area contributed by atoms with Gasteiger partial charge in [-0.05, 0) is 36.3 Å². The number of nitrogens with one attached hydrogen (secondary N) is 2. The van der Waals surface area contributed by atoms with Crippen LogP contribution in [0.3, 0.4) is 0 Å². The molecule has 9 nitrogen and oxygen atoms in total. The number of carboxylic acid groups (broad SMARTS) is 1. The molecule has 1 saturated heterocycles. The maximum absolute atomic E-state index is 12.9. The van der Waals surface area contributed by atoms with Gasteiger partial charge in [0.15, 0.2) is 29.4 Å². The predicted octanol–water partition coefficient (Wildman–Crippen LogP) is 3.21. The molecule has 12 heteroatoms. The molecule has 0 aromatic carbocycles. The van der Waals surface area contributed by atoms with Crippen LogP contribution in [-0.2, 0) is 28.0 Å². The molecule has 5 atom stereocenters. The second-order valence-corrected chi connectivity index (χ2v) is 18.7. The van der Waals surface area contributed by atoms with Gasteiger partial charge >= 0.3 is 5.97 Å². The Kier molecular flexibility index (Phi) is 13.0. The topological polar surface area (TPSA) is 123 Å². The summed E-state index contributed by atoms with van der Waals surface area (Å²) < 4.78 is 32.6. The van der Waals surface area contributed by atoms with Crippen LogP contribution in [0.2, 0.25) is 36.3 Å². The fraction of sp³-hybridized carbons (Fsp3) is 0.870. The van der Waals surface area contributed by atoms with Crippen molar-refractivity contribution in [2.24, 2.45) is 0 Å². The summed E-state index contributed by atoms with van der Waals surface area (Å²) in [5, 5.41) is 15.3. The van der Waals surface area contributed by atoms with Crippen LogP contribution in [0.25, 0.3) is 0 Å². The highest BCUT2D eigenvalue weighted by atomic mass is 28.4. The summed E-state index contributed by atoms with van der Waals surface area (Å²) in [6, 6.07) is 3.96.